The Morgan fingerprint density at radius 1 is 1.30 bits per heavy atom. The molecule has 128 valence electrons. The third-order valence-electron chi connectivity index (χ3n) is 5.29. The zero-order valence-electron chi connectivity index (χ0n) is 14.5. The zero-order chi connectivity index (χ0) is 16.6. The normalized spacial score (nSPS) is 26.2. The van der Waals surface area contributed by atoms with Gasteiger partial charge in [-0.1, -0.05) is 13.8 Å². The van der Waals surface area contributed by atoms with Crippen molar-refractivity contribution in [3.05, 3.63) is 11.8 Å². The summed E-state index contributed by atoms with van der Waals surface area (Å²) in [6.45, 7) is 5.75. The van der Waals surface area contributed by atoms with Crippen molar-refractivity contribution in [2.75, 3.05) is 37.5 Å². The Labute approximate surface area is 138 Å². The fourth-order valence-electron chi connectivity index (χ4n) is 3.60. The predicted octanol–water partition coefficient (Wildman–Crippen LogP) is 2.01. The number of nitrogens with zero attached hydrogens (tertiary/aromatic N) is 3. The van der Waals surface area contributed by atoms with E-state index >= 15 is 0 Å². The average molecular weight is 320 g/mol. The van der Waals surface area contributed by atoms with Gasteiger partial charge in [0.05, 0.1) is 11.8 Å². The highest BCUT2D eigenvalue weighted by molar-refractivity contribution is 5.45. The summed E-state index contributed by atoms with van der Waals surface area (Å²) in [5.74, 6) is 1.93. The molecule has 1 aliphatic heterocycles. The van der Waals surface area contributed by atoms with Crippen LogP contribution in [0.2, 0.25) is 0 Å². The van der Waals surface area contributed by atoms with Crippen molar-refractivity contribution in [2.45, 2.75) is 51.2 Å². The third-order valence-corrected chi connectivity index (χ3v) is 5.29. The molecular weight excluding hydrogens is 292 g/mol. The van der Waals surface area contributed by atoms with Crippen LogP contribution in [0.15, 0.2) is 6.07 Å². The highest BCUT2D eigenvalue weighted by Crippen LogP contribution is 2.50. The molecule has 2 N–H and O–H groups in total. The van der Waals surface area contributed by atoms with Gasteiger partial charge < -0.3 is 20.1 Å². The first-order valence-corrected chi connectivity index (χ1v) is 8.51. The molecule has 1 saturated carbocycles. The van der Waals surface area contributed by atoms with E-state index in [1.165, 1.54) is 0 Å². The van der Waals surface area contributed by atoms with Gasteiger partial charge in [0.15, 0.2) is 0 Å². The van der Waals surface area contributed by atoms with Crippen molar-refractivity contribution in [3.63, 3.8) is 0 Å². The van der Waals surface area contributed by atoms with Gasteiger partial charge in [0.25, 0.3) is 0 Å². The Hall–Kier alpha value is -1.40. The lowest BCUT2D eigenvalue weighted by Crippen LogP contribution is -2.62. The largest absolute Gasteiger partial charge is 0.392 e. The van der Waals surface area contributed by atoms with E-state index in [-0.39, 0.29) is 17.6 Å². The third kappa shape index (κ3) is 3.02. The summed E-state index contributed by atoms with van der Waals surface area (Å²) in [5.41, 5.74) is 0.978. The average Bonchev–Trinajstić information content (AvgIpc) is 2.55. The molecule has 1 aromatic heterocycles. The van der Waals surface area contributed by atoms with E-state index in [4.69, 9.17) is 4.74 Å². The van der Waals surface area contributed by atoms with Gasteiger partial charge in [0.1, 0.15) is 5.82 Å². The number of nitrogens with one attached hydrogen (secondary N) is 1. The summed E-state index contributed by atoms with van der Waals surface area (Å²) in [6, 6.07) is 2.29. The smallest absolute Gasteiger partial charge is 0.227 e. The number of aliphatic hydroxyl groups excluding tert-OH is 1. The highest BCUT2D eigenvalue weighted by atomic mass is 16.5. The molecule has 0 amide bonds. The summed E-state index contributed by atoms with van der Waals surface area (Å²) in [5, 5.41) is 13.9. The van der Waals surface area contributed by atoms with Crippen molar-refractivity contribution in [2.24, 2.45) is 5.41 Å². The van der Waals surface area contributed by atoms with Crippen LogP contribution in [0.25, 0.3) is 0 Å². The molecule has 6 heteroatoms. The van der Waals surface area contributed by atoms with E-state index in [0.29, 0.717) is 5.92 Å². The highest BCUT2D eigenvalue weighted by Gasteiger charge is 2.55. The van der Waals surface area contributed by atoms with Gasteiger partial charge in [-0.05, 0) is 25.2 Å². The van der Waals surface area contributed by atoms with Crippen LogP contribution in [0.4, 0.5) is 11.8 Å². The molecule has 3 rings (SSSR count). The molecule has 6 nitrogen and oxygen atoms in total. The summed E-state index contributed by atoms with van der Waals surface area (Å²) < 4.78 is 5.48. The fourth-order valence-corrected chi connectivity index (χ4v) is 3.60. The van der Waals surface area contributed by atoms with E-state index in [1.807, 2.05) is 25.1 Å². The van der Waals surface area contributed by atoms with E-state index in [2.05, 4.69) is 29.1 Å². The monoisotopic (exact) mass is 320 g/mol. The molecule has 0 unspecified atom stereocenters. The second-order valence-electron chi connectivity index (χ2n) is 7.32. The van der Waals surface area contributed by atoms with Crippen LogP contribution in [-0.4, -0.2) is 54.5 Å². The Morgan fingerprint density at radius 3 is 2.57 bits per heavy atom. The molecule has 0 aromatic carbocycles. The summed E-state index contributed by atoms with van der Waals surface area (Å²) in [4.78, 5) is 11.2. The Balaban J connectivity index is 1.82. The first-order chi connectivity index (χ1) is 10.9. The minimum atomic E-state index is -0.233. The summed E-state index contributed by atoms with van der Waals surface area (Å²) in [7, 11) is 3.91. The van der Waals surface area contributed by atoms with Crippen LogP contribution in [0.3, 0.4) is 0 Å². The van der Waals surface area contributed by atoms with Crippen LogP contribution in [0, 0.1) is 5.41 Å². The van der Waals surface area contributed by atoms with Crippen LogP contribution in [-0.2, 0) is 4.74 Å². The van der Waals surface area contributed by atoms with Crippen molar-refractivity contribution in [1.29, 1.82) is 0 Å². The van der Waals surface area contributed by atoms with Crippen LogP contribution in [0.5, 0.6) is 0 Å². The number of ether oxygens (including phenoxy) is 1. The Kier molecular flexibility index (Phi) is 4.47. The SMILES string of the molecule is CC(C)c1cc(N[C@@H]2C[C@@H](O)C23CCOCC3)nc(N(C)C)n1. The van der Waals surface area contributed by atoms with E-state index < -0.39 is 0 Å². The van der Waals surface area contributed by atoms with Crippen LogP contribution < -0.4 is 10.2 Å². The second-order valence-corrected chi connectivity index (χ2v) is 7.32. The molecule has 2 atom stereocenters. The number of rotatable bonds is 4. The van der Waals surface area contributed by atoms with Gasteiger partial charge in [-0.15, -0.1) is 0 Å². The quantitative estimate of drug-likeness (QED) is 0.884. The van der Waals surface area contributed by atoms with E-state index in [9.17, 15) is 5.11 Å². The lowest BCUT2D eigenvalue weighted by atomic mass is 9.58. The summed E-state index contributed by atoms with van der Waals surface area (Å²) in [6.07, 6.45) is 2.37. The molecule has 2 aliphatic rings. The number of hydrogen-bond acceptors (Lipinski definition) is 6. The molecule has 1 saturated heterocycles. The van der Waals surface area contributed by atoms with Crippen molar-refractivity contribution < 1.29 is 9.84 Å². The minimum Gasteiger partial charge on any atom is -0.392 e. The first-order valence-electron chi connectivity index (χ1n) is 8.51. The van der Waals surface area contributed by atoms with Gasteiger partial charge in [-0.25, -0.2) is 4.98 Å². The second kappa shape index (κ2) is 6.24. The fraction of sp³-hybridized carbons (Fsp3) is 0.765. The number of aromatic nitrogens is 2. The maximum Gasteiger partial charge on any atom is 0.227 e. The molecule has 0 radical (unpaired) electrons. The lowest BCUT2D eigenvalue weighted by molar-refractivity contribution is -0.133. The lowest BCUT2D eigenvalue weighted by Gasteiger charge is -2.55. The molecule has 23 heavy (non-hydrogen) atoms. The molecule has 0 bridgehead atoms. The Bertz CT molecular complexity index is 529. The predicted molar refractivity (Wildman–Crippen MR) is 91.0 cm³/mol. The van der Waals surface area contributed by atoms with Gasteiger partial charge in [-0.3, -0.25) is 0 Å². The number of hydrogen-bond donors (Lipinski definition) is 2. The molecule has 1 spiro atoms. The van der Waals surface area contributed by atoms with E-state index in [0.717, 1.165) is 49.9 Å². The van der Waals surface area contributed by atoms with Gasteiger partial charge >= 0.3 is 0 Å². The van der Waals surface area contributed by atoms with Crippen LogP contribution in [0.1, 0.15) is 44.7 Å². The van der Waals surface area contributed by atoms with Crippen LogP contribution >= 0.6 is 0 Å². The minimum absolute atomic E-state index is 0.0561. The molecular formula is C17H28N4O2. The van der Waals surface area contributed by atoms with Crippen molar-refractivity contribution in [3.8, 4) is 0 Å². The van der Waals surface area contributed by atoms with Gasteiger partial charge in [0.2, 0.25) is 5.95 Å². The van der Waals surface area contributed by atoms with E-state index in [1.54, 1.807) is 0 Å². The zero-order valence-corrected chi connectivity index (χ0v) is 14.5. The molecule has 2 heterocycles. The standard InChI is InChI=1S/C17H28N4O2/c1-11(2)12-9-15(20-16(18-12)21(3)4)19-13-10-14(22)17(13)5-7-23-8-6-17/h9,11,13-14,22H,5-8,10H2,1-4H3,(H,18,19,20)/t13-,14-/m1/s1. The van der Waals surface area contributed by atoms with Gasteiger partial charge in [-0.2, -0.15) is 4.98 Å². The molecule has 1 aromatic rings. The van der Waals surface area contributed by atoms with Gasteiger partial charge in [0, 0.05) is 44.8 Å². The Morgan fingerprint density at radius 2 is 2.00 bits per heavy atom. The van der Waals surface area contributed by atoms with Crippen molar-refractivity contribution in [1.82, 2.24) is 9.97 Å². The first kappa shape index (κ1) is 16.5. The maximum absolute atomic E-state index is 10.3. The number of anilines is 2. The number of aliphatic hydroxyl groups is 1. The van der Waals surface area contributed by atoms with Crippen molar-refractivity contribution >= 4 is 11.8 Å². The molecule has 1 aliphatic carbocycles. The molecule has 2 fully saturated rings. The maximum atomic E-state index is 10.3. The summed E-state index contributed by atoms with van der Waals surface area (Å²) >= 11 is 0. The topological polar surface area (TPSA) is 70.5 Å².